The molecule has 27 heavy (non-hydrogen) atoms. The number of carbonyl (C=O) groups is 1. The molecule has 1 atom stereocenters. The molecule has 3 rings (SSSR count). The van der Waals surface area contributed by atoms with Crippen LogP contribution in [0.25, 0.3) is 0 Å². The quantitative estimate of drug-likeness (QED) is 0.858. The largest absolute Gasteiger partial charge is 0.349 e. The standard InChI is InChI=1S/C21H26N2O3S/c1-16-8-10-20(11-9-16)27(25,26)23-14-12-19(13-15-23)21(24)22-17(2)18-6-4-3-5-7-18/h3-11,17,19H,12-15H2,1-2H3,(H,22,24). The number of amides is 1. The summed E-state index contributed by atoms with van der Waals surface area (Å²) in [5.41, 5.74) is 2.09. The van der Waals surface area contributed by atoms with Crippen LogP contribution < -0.4 is 5.32 Å². The number of rotatable bonds is 5. The minimum atomic E-state index is -3.49. The van der Waals surface area contributed by atoms with Crippen molar-refractivity contribution in [1.29, 1.82) is 0 Å². The second-order valence-corrected chi connectivity index (χ2v) is 9.07. The fraction of sp³-hybridized carbons (Fsp3) is 0.381. The SMILES string of the molecule is Cc1ccc(S(=O)(=O)N2CCC(C(=O)NC(C)c3ccccc3)CC2)cc1. The van der Waals surface area contributed by atoms with Crippen molar-refractivity contribution in [2.45, 2.75) is 37.6 Å². The molecule has 0 spiro atoms. The fourth-order valence-corrected chi connectivity index (χ4v) is 4.84. The first kappa shape index (κ1) is 19.6. The first-order valence-electron chi connectivity index (χ1n) is 9.30. The third-order valence-electron chi connectivity index (χ3n) is 5.14. The zero-order chi connectivity index (χ0) is 19.4. The summed E-state index contributed by atoms with van der Waals surface area (Å²) in [6.07, 6.45) is 1.08. The Balaban J connectivity index is 1.58. The van der Waals surface area contributed by atoms with Gasteiger partial charge < -0.3 is 5.32 Å². The van der Waals surface area contributed by atoms with Crippen LogP contribution in [0.5, 0.6) is 0 Å². The van der Waals surface area contributed by atoms with Gasteiger partial charge in [0.05, 0.1) is 10.9 Å². The molecule has 144 valence electrons. The summed E-state index contributed by atoms with van der Waals surface area (Å²) in [4.78, 5) is 12.9. The van der Waals surface area contributed by atoms with Crippen LogP contribution in [0.15, 0.2) is 59.5 Å². The van der Waals surface area contributed by atoms with E-state index >= 15 is 0 Å². The molecule has 1 aliphatic rings. The van der Waals surface area contributed by atoms with Crippen molar-refractivity contribution in [3.8, 4) is 0 Å². The van der Waals surface area contributed by atoms with Crippen LogP contribution in [0.3, 0.4) is 0 Å². The van der Waals surface area contributed by atoms with Crippen molar-refractivity contribution in [2.24, 2.45) is 5.92 Å². The monoisotopic (exact) mass is 386 g/mol. The van der Waals surface area contributed by atoms with Gasteiger partial charge in [-0.3, -0.25) is 4.79 Å². The number of hydrogen-bond donors (Lipinski definition) is 1. The zero-order valence-electron chi connectivity index (χ0n) is 15.8. The van der Waals surface area contributed by atoms with E-state index < -0.39 is 10.0 Å². The van der Waals surface area contributed by atoms with Crippen LogP contribution in [-0.4, -0.2) is 31.7 Å². The molecule has 1 saturated heterocycles. The van der Waals surface area contributed by atoms with Gasteiger partial charge in [-0.2, -0.15) is 4.31 Å². The van der Waals surface area contributed by atoms with Gasteiger partial charge in [-0.1, -0.05) is 48.0 Å². The van der Waals surface area contributed by atoms with Gasteiger partial charge in [-0.25, -0.2) is 8.42 Å². The van der Waals surface area contributed by atoms with Crippen LogP contribution >= 0.6 is 0 Å². The maximum absolute atomic E-state index is 12.8. The smallest absolute Gasteiger partial charge is 0.243 e. The van der Waals surface area contributed by atoms with Gasteiger partial charge >= 0.3 is 0 Å². The Morgan fingerprint density at radius 3 is 2.22 bits per heavy atom. The van der Waals surface area contributed by atoms with Crippen molar-refractivity contribution in [3.05, 3.63) is 65.7 Å². The van der Waals surface area contributed by atoms with Crippen molar-refractivity contribution in [3.63, 3.8) is 0 Å². The first-order valence-corrected chi connectivity index (χ1v) is 10.7. The molecule has 1 fully saturated rings. The average molecular weight is 387 g/mol. The van der Waals surface area contributed by atoms with E-state index in [1.54, 1.807) is 24.3 Å². The van der Waals surface area contributed by atoms with Gasteiger partial charge in [0.15, 0.2) is 0 Å². The summed E-state index contributed by atoms with van der Waals surface area (Å²) in [5, 5.41) is 3.05. The Bertz CT molecular complexity index is 871. The topological polar surface area (TPSA) is 66.5 Å². The summed E-state index contributed by atoms with van der Waals surface area (Å²) in [6.45, 7) is 4.63. The molecule has 1 heterocycles. The minimum Gasteiger partial charge on any atom is -0.349 e. The van der Waals surface area contributed by atoms with E-state index in [0.717, 1.165) is 11.1 Å². The van der Waals surface area contributed by atoms with Gasteiger partial charge in [-0.05, 0) is 44.4 Å². The molecule has 1 aliphatic heterocycles. The highest BCUT2D eigenvalue weighted by molar-refractivity contribution is 7.89. The minimum absolute atomic E-state index is 0.00117. The highest BCUT2D eigenvalue weighted by Crippen LogP contribution is 2.25. The highest BCUT2D eigenvalue weighted by Gasteiger charge is 2.32. The molecule has 0 aliphatic carbocycles. The number of aryl methyl sites for hydroxylation is 1. The molecule has 0 aromatic heterocycles. The molecular formula is C21H26N2O3S. The third kappa shape index (κ3) is 4.57. The lowest BCUT2D eigenvalue weighted by molar-refractivity contribution is -0.126. The zero-order valence-corrected chi connectivity index (χ0v) is 16.6. The number of nitrogens with one attached hydrogen (secondary N) is 1. The third-order valence-corrected chi connectivity index (χ3v) is 7.05. The van der Waals surface area contributed by atoms with Gasteiger partial charge in [0.1, 0.15) is 0 Å². The molecule has 2 aromatic rings. The van der Waals surface area contributed by atoms with E-state index in [0.29, 0.717) is 30.8 Å². The van der Waals surface area contributed by atoms with Crippen molar-refractivity contribution in [1.82, 2.24) is 9.62 Å². The molecule has 0 saturated carbocycles. The summed E-state index contributed by atoms with van der Waals surface area (Å²) < 4.78 is 27.0. The van der Waals surface area contributed by atoms with Crippen LogP contribution in [0.2, 0.25) is 0 Å². The number of nitrogens with zero attached hydrogens (tertiary/aromatic N) is 1. The van der Waals surface area contributed by atoms with Crippen molar-refractivity contribution in [2.75, 3.05) is 13.1 Å². The number of carbonyl (C=O) groups excluding carboxylic acids is 1. The summed E-state index contributed by atoms with van der Waals surface area (Å²) in [6, 6.07) is 16.7. The Kier molecular flexibility index (Phi) is 5.97. The van der Waals surface area contributed by atoms with Crippen LogP contribution in [0.1, 0.15) is 36.9 Å². The lowest BCUT2D eigenvalue weighted by Gasteiger charge is -2.31. The van der Waals surface area contributed by atoms with Crippen LogP contribution in [0, 0.1) is 12.8 Å². The molecule has 0 bridgehead atoms. The Hall–Kier alpha value is -2.18. The van der Waals surface area contributed by atoms with Gasteiger partial charge in [0.2, 0.25) is 15.9 Å². The van der Waals surface area contributed by atoms with Gasteiger partial charge in [-0.15, -0.1) is 0 Å². The molecule has 6 heteroatoms. The van der Waals surface area contributed by atoms with Crippen LogP contribution in [-0.2, 0) is 14.8 Å². The molecule has 5 nitrogen and oxygen atoms in total. The van der Waals surface area contributed by atoms with E-state index in [2.05, 4.69) is 5.32 Å². The number of hydrogen-bond acceptors (Lipinski definition) is 3. The predicted octanol–water partition coefficient (Wildman–Crippen LogP) is 3.27. The molecule has 1 unspecified atom stereocenters. The molecule has 2 aromatic carbocycles. The maximum Gasteiger partial charge on any atom is 0.243 e. The van der Waals surface area contributed by atoms with Gasteiger partial charge in [0, 0.05) is 19.0 Å². The second-order valence-electron chi connectivity index (χ2n) is 7.13. The van der Waals surface area contributed by atoms with E-state index in [4.69, 9.17) is 0 Å². The Morgan fingerprint density at radius 2 is 1.63 bits per heavy atom. The van der Waals surface area contributed by atoms with E-state index in [1.807, 2.05) is 44.2 Å². The summed E-state index contributed by atoms with van der Waals surface area (Å²) in [5.74, 6) is -0.153. The lowest BCUT2D eigenvalue weighted by Crippen LogP contribution is -2.43. The molecular weight excluding hydrogens is 360 g/mol. The predicted molar refractivity (Wildman–Crippen MR) is 106 cm³/mol. The summed E-state index contributed by atoms with van der Waals surface area (Å²) in [7, 11) is -3.49. The van der Waals surface area contributed by atoms with E-state index in [-0.39, 0.29) is 17.9 Å². The van der Waals surface area contributed by atoms with Gasteiger partial charge in [0.25, 0.3) is 0 Å². The Morgan fingerprint density at radius 1 is 1.04 bits per heavy atom. The van der Waals surface area contributed by atoms with Crippen LogP contribution in [0.4, 0.5) is 0 Å². The van der Waals surface area contributed by atoms with E-state index in [1.165, 1.54) is 4.31 Å². The second kappa shape index (κ2) is 8.23. The number of benzene rings is 2. The molecule has 1 amide bonds. The normalized spacial score (nSPS) is 17.4. The first-order chi connectivity index (χ1) is 12.9. The fourth-order valence-electron chi connectivity index (χ4n) is 3.37. The maximum atomic E-state index is 12.8. The Labute approximate surface area is 161 Å². The van der Waals surface area contributed by atoms with Crippen molar-refractivity contribution < 1.29 is 13.2 Å². The number of sulfonamides is 1. The molecule has 0 radical (unpaired) electrons. The highest BCUT2D eigenvalue weighted by atomic mass is 32.2. The average Bonchev–Trinajstić information content (AvgIpc) is 2.69. The lowest BCUT2D eigenvalue weighted by atomic mass is 9.96. The van der Waals surface area contributed by atoms with Crippen molar-refractivity contribution >= 4 is 15.9 Å². The number of piperidine rings is 1. The van der Waals surface area contributed by atoms with E-state index in [9.17, 15) is 13.2 Å². The summed E-state index contributed by atoms with van der Waals surface area (Å²) >= 11 is 0. The molecule has 1 N–H and O–H groups in total.